The fraction of sp³-hybridized carbons (Fsp3) is 0.500. The first-order valence-corrected chi connectivity index (χ1v) is 6.88. The Morgan fingerprint density at radius 2 is 2.09 bits per heavy atom. The minimum atomic E-state index is -5.02. The lowest BCUT2D eigenvalue weighted by Crippen LogP contribution is -2.41. The molecule has 0 fully saturated rings. The molecule has 1 N–H and O–H groups in total. The van der Waals surface area contributed by atoms with E-state index in [0.29, 0.717) is 4.90 Å². The largest absolute Gasteiger partial charge is 0.471 e. The summed E-state index contributed by atoms with van der Waals surface area (Å²) >= 11 is 0. The number of aliphatic hydroxyl groups excluding tert-OH is 1. The highest BCUT2D eigenvalue weighted by Crippen LogP contribution is 2.20. The Morgan fingerprint density at radius 3 is 2.65 bits per heavy atom. The van der Waals surface area contributed by atoms with E-state index in [0.717, 1.165) is 0 Å². The molecular weight excluding hydrogens is 317 g/mol. The monoisotopic (exact) mass is 334 g/mol. The van der Waals surface area contributed by atoms with Crippen LogP contribution in [0.4, 0.5) is 13.2 Å². The zero-order valence-corrected chi connectivity index (χ0v) is 12.5. The summed E-state index contributed by atoms with van der Waals surface area (Å²) in [6.45, 7) is 0.730. The summed E-state index contributed by atoms with van der Waals surface area (Å²) in [4.78, 5) is 27.4. The van der Waals surface area contributed by atoms with Crippen LogP contribution in [0.1, 0.15) is 29.4 Å². The quantitative estimate of drug-likeness (QED) is 0.765. The molecule has 9 heteroatoms. The van der Waals surface area contributed by atoms with Crippen LogP contribution in [0.5, 0.6) is 0 Å². The summed E-state index contributed by atoms with van der Waals surface area (Å²) in [5.41, 5.74) is 0.254. The van der Waals surface area contributed by atoms with Gasteiger partial charge in [0.1, 0.15) is 0 Å². The van der Waals surface area contributed by atoms with Crippen LogP contribution in [0, 0.1) is 0 Å². The van der Waals surface area contributed by atoms with Crippen molar-refractivity contribution in [1.29, 1.82) is 0 Å². The molecule has 0 aliphatic heterocycles. The number of carbonyl (C=O) groups is 2. The first-order valence-electron chi connectivity index (χ1n) is 6.88. The van der Waals surface area contributed by atoms with Crippen molar-refractivity contribution in [2.45, 2.75) is 26.1 Å². The average molecular weight is 334 g/mol. The summed E-state index contributed by atoms with van der Waals surface area (Å²) in [7, 11) is 0. The molecule has 0 saturated heterocycles. The fourth-order valence-electron chi connectivity index (χ4n) is 1.79. The number of hydrogen-bond acceptors (Lipinski definition) is 5. The van der Waals surface area contributed by atoms with Crippen molar-refractivity contribution in [2.75, 3.05) is 19.8 Å². The highest BCUT2D eigenvalue weighted by Gasteiger charge is 2.42. The highest BCUT2D eigenvalue weighted by atomic mass is 19.4. The van der Waals surface area contributed by atoms with Crippen molar-refractivity contribution in [3.8, 4) is 0 Å². The van der Waals surface area contributed by atoms with Gasteiger partial charge in [0.25, 0.3) is 0 Å². The van der Waals surface area contributed by atoms with Crippen molar-refractivity contribution in [1.82, 2.24) is 9.88 Å². The Kier molecular flexibility index (Phi) is 6.95. The minimum absolute atomic E-state index is 0.000608. The summed E-state index contributed by atoms with van der Waals surface area (Å²) in [5, 5.41) is 8.75. The maximum absolute atomic E-state index is 12.6. The van der Waals surface area contributed by atoms with E-state index in [4.69, 9.17) is 9.84 Å². The number of carbonyl (C=O) groups excluding carboxylic acids is 2. The molecule has 0 atom stereocenters. The van der Waals surface area contributed by atoms with Gasteiger partial charge in [-0.3, -0.25) is 9.78 Å². The van der Waals surface area contributed by atoms with Crippen LogP contribution in [0.3, 0.4) is 0 Å². The van der Waals surface area contributed by atoms with Crippen molar-refractivity contribution >= 4 is 11.9 Å². The van der Waals surface area contributed by atoms with Gasteiger partial charge in [-0.1, -0.05) is 0 Å². The van der Waals surface area contributed by atoms with Gasteiger partial charge in [-0.2, -0.15) is 13.2 Å². The average Bonchev–Trinajstić information content (AvgIpc) is 2.50. The van der Waals surface area contributed by atoms with Crippen LogP contribution in [-0.2, 0) is 16.1 Å². The molecule has 0 spiro atoms. The predicted octanol–water partition coefficient (Wildman–Crippen LogP) is 1.53. The third-order valence-electron chi connectivity index (χ3n) is 2.80. The molecular formula is C14H17F3N2O4. The number of hydrogen-bond donors (Lipinski definition) is 1. The smallest absolute Gasteiger partial charge is 0.462 e. The number of nitrogens with zero attached hydrogens (tertiary/aromatic N) is 2. The predicted molar refractivity (Wildman–Crippen MR) is 73.4 cm³/mol. The normalized spacial score (nSPS) is 11.2. The van der Waals surface area contributed by atoms with E-state index < -0.39 is 24.6 Å². The second kappa shape index (κ2) is 8.47. The molecule has 6 nitrogen and oxygen atoms in total. The number of aromatic nitrogens is 1. The second-order valence-electron chi connectivity index (χ2n) is 4.56. The number of rotatable bonds is 7. The zero-order valence-electron chi connectivity index (χ0n) is 12.5. The maximum Gasteiger partial charge on any atom is 0.471 e. The standard InChI is InChI=1S/C14H17F3N2O4/c1-2-23-12(21)10-4-5-18-11(8-10)9-19(6-3-7-20)13(22)14(15,16)17/h4-5,8,20H,2-3,6-7,9H2,1H3. The van der Waals surface area contributed by atoms with Crippen LogP contribution in [0.25, 0.3) is 0 Å². The molecule has 1 aromatic heterocycles. The lowest BCUT2D eigenvalue weighted by molar-refractivity contribution is -0.186. The van der Waals surface area contributed by atoms with Crippen molar-refractivity contribution in [3.05, 3.63) is 29.6 Å². The van der Waals surface area contributed by atoms with E-state index >= 15 is 0 Å². The van der Waals surface area contributed by atoms with Crippen LogP contribution in [-0.4, -0.2) is 52.8 Å². The van der Waals surface area contributed by atoms with E-state index in [2.05, 4.69) is 4.98 Å². The SMILES string of the molecule is CCOC(=O)c1ccnc(CN(CCCO)C(=O)C(F)(F)F)c1. The molecule has 1 amide bonds. The lowest BCUT2D eigenvalue weighted by Gasteiger charge is -2.23. The molecule has 0 aliphatic rings. The number of pyridine rings is 1. The maximum atomic E-state index is 12.6. The van der Waals surface area contributed by atoms with Gasteiger partial charge in [0, 0.05) is 19.3 Å². The minimum Gasteiger partial charge on any atom is -0.462 e. The highest BCUT2D eigenvalue weighted by molar-refractivity contribution is 5.89. The van der Waals surface area contributed by atoms with Gasteiger partial charge in [-0.15, -0.1) is 0 Å². The van der Waals surface area contributed by atoms with Crippen molar-refractivity contribution < 1.29 is 32.6 Å². The molecule has 1 aromatic rings. The Morgan fingerprint density at radius 1 is 1.39 bits per heavy atom. The molecule has 0 bridgehead atoms. The molecule has 0 aliphatic carbocycles. The van der Waals surface area contributed by atoms with Crippen LogP contribution < -0.4 is 0 Å². The molecule has 128 valence electrons. The van der Waals surface area contributed by atoms with Gasteiger partial charge in [0.15, 0.2) is 0 Å². The Labute approximate surface area is 130 Å². The molecule has 0 unspecified atom stereocenters. The number of aliphatic hydroxyl groups is 1. The third kappa shape index (κ3) is 5.85. The summed E-state index contributed by atoms with van der Waals surface area (Å²) in [6, 6.07) is 2.64. The van der Waals surface area contributed by atoms with Crippen molar-refractivity contribution in [2.24, 2.45) is 0 Å². The number of amides is 1. The zero-order chi connectivity index (χ0) is 17.5. The second-order valence-corrected chi connectivity index (χ2v) is 4.56. The third-order valence-corrected chi connectivity index (χ3v) is 2.80. The first kappa shape index (κ1) is 18.9. The number of alkyl halides is 3. The Bertz CT molecular complexity index is 549. The molecule has 0 aromatic carbocycles. The summed E-state index contributed by atoms with van der Waals surface area (Å²) < 4.78 is 42.6. The van der Waals surface area contributed by atoms with E-state index in [-0.39, 0.29) is 37.4 Å². The molecule has 0 radical (unpaired) electrons. The van der Waals surface area contributed by atoms with Crippen LogP contribution in [0.2, 0.25) is 0 Å². The topological polar surface area (TPSA) is 79.7 Å². The number of halogens is 3. The van der Waals surface area contributed by atoms with E-state index in [9.17, 15) is 22.8 Å². The van der Waals surface area contributed by atoms with E-state index in [1.165, 1.54) is 18.3 Å². The number of ether oxygens (including phenoxy) is 1. The number of esters is 1. The van der Waals surface area contributed by atoms with Gasteiger partial charge in [-0.25, -0.2) is 4.79 Å². The van der Waals surface area contributed by atoms with Gasteiger partial charge >= 0.3 is 18.1 Å². The summed E-state index contributed by atoms with van der Waals surface area (Å²) in [6.07, 6.45) is -3.77. The van der Waals surface area contributed by atoms with E-state index in [1.54, 1.807) is 6.92 Å². The van der Waals surface area contributed by atoms with Gasteiger partial charge in [0.05, 0.1) is 24.4 Å². The summed E-state index contributed by atoms with van der Waals surface area (Å²) in [5.74, 6) is -2.64. The van der Waals surface area contributed by atoms with E-state index in [1.807, 2.05) is 0 Å². The Balaban J connectivity index is 2.93. The van der Waals surface area contributed by atoms with Gasteiger partial charge in [-0.05, 0) is 25.5 Å². The molecule has 0 saturated carbocycles. The Hall–Kier alpha value is -2.16. The molecule has 1 heterocycles. The van der Waals surface area contributed by atoms with Gasteiger partial charge < -0.3 is 14.7 Å². The molecule has 23 heavy (non-hydrogen) atoms. The lowest BCUT2D eigenvalue weighted by atomic mass is 10.2. The van der Waals surface area contributed by atoms with Crippen LogP contribution in [0.15, 0.2) is 18.3 Å². The van der Waals surface area contributed by atoms with Crippen molar-refractivity contribution in [3.63, 3.8) is 0 Å². The van der Waals surface area contributed by atoms with Crippen LogP contribution >= 0.6 is 0 Å². The molecule has 1 rings (SSSR count). The van der Waals surface area contributed by atoms with Gasteiger partial charge in [0.2, 0.25) is 0 Å². The fourth-order valence-corrected chi connectivity index (χ4v) is 1.79. The first-order chi connectivity index (χ1) is 10.8.